The first-order chi connectivity index (χ1) is 9.79. The van der Waals surface area contributed by atoms with E-state index in [4.69, 9.17) is 0 Å². The number of piperidine rings is 1. The monoisotopic (exact) mass is 313 g/mol. The van der Waals surface area contributed by atoms with Crippen molar-refractivity contribution >= 4 is 23.6 Å². The SMILES string of the molecule is CC(C)(C)SCC(=O)N1C(C(=O)O)CCC2CCCCC21. The van der Waals surface area contributed by atoms with Gasteiger partial charge in [0, 0.05) is 10.8 Å². The number of likely N-dealkylation sites (tertiary alicyclic amines) is 1. The second kappa shape index (κ2) is 6.59. The summed E-state index contributed by atoms with van der Waals surface area (Å²) >= 11 is 1.60. The number of fused-ring (bicyclic) bond motifs is 1. The van der Waals surface area contributed by atoms with Gasteiger partial charge < -0.3 is 10.0 Å². The molecule has 0 aromatic heterocycles. The van der Waals surface area contributed by atoms with Crippen molar-refractivity contribution < 1.29 is 14.7 Å². The summed E-state index contributed by atoms with van der Waals surface area (Å²) in [5, 5.41) is 9.48. The molecule has 1 N–H and O–H groups in total. The van der Waals surface area contributed by atoms with Crippen LogP contribution in [0.3, 0.4) is 0 Å². The molecule has 2 rings (SSSR count). The van der Waals surface area contributed by atoms with E-state index in [9.17, 15) is 14.7 Å². The molecule has 0 radical (unpaired) electrons. The van der Waals surface area contributed by atoms with Crippen molar-refractivity contribution in [2.24, 2.45) is 5.92 Å². The van der Waals surface area contributed by atoms with Crippen molar-refractivity contribution in [3.63, 3.8) is 0 Å². The van der Waals surface area contributed by atoms with E-state index >= 15 is 0 Å². The molecule has 1 heterocycles. The quantitative estimate of drug-likeness (QED) is 0.869. The molecule has 1 aliphatic carbocycles. The molecule has 0 spiro atoms. The molecule has 3 unspecified atom stereocenters. The van der Waals surface area contributed by atoms with Crippen LogP contribution in [0.5, 0.6) is 0 Å². The topological polar surface area (TPSA) is 57.6 Å². The highest BCUT2D eigenvalue weighted by molar-refractivity contribution is 8.01. The second-order valence-electron chi connectivity index (χ2n) is 7.25. The Labute approximate surface area is 131 Å². The van der Waals surface area contributed by atoms with Gasteiger partial charge in [0.05, 0.1) is 5.75 Å². The number of carboxylic acids is 1. The molecule has 21 heavy (non-hydrogen) atoms. The highest BCUT2D eigenvalue weighted by Crippen LogP contribution is 2.38. The number of thioether (sulfide) groups is 1. The Bertz CT molecular complexity index is 405. The molecular weight excluding hydrogens is 286 g/mol. The molecule has 1 saturated heterocycles. The zero-order valence-corrected chi connectivity index (χ0v) is 14.1. The lowest BCUT2D eigenvalue weighted by atomic mass is 9.76. The van der Waals surface area contributed by atoms with Gasteiger partial charge in [0.2, 0.25) is 5.91 Å². The van der Waals surface area contributed by atoms with Gasteiger partial charge in [-0.25, -0.2) is 4.79 Å². The molecule has 1 aliphatic heterocycles. The van der Waals surface area contributed by atoms with Crippen LogP contribution in [0.25, 0.3) is 0 Å². The fourth-order valence-electron chi connectivity index (χ4n) is 3.59. The summed E-state index contributed by atoms with van der Waals surface area (Å²) in [6.07, 6.45) is 6.02. The van der Waals surface area contributed by atoms with Crippen molar-refractivity contribution in [1.82, 2.24) is 4.90 Å². The van der Waals surface area contributed by atoms with Crippen molar-refractivity contribution in [3.8, 4) is 0 Å². The minimum absolute atomic E-state index is 0.0129. The molecule has 0 aromatic carbocycles. The molecular formula is C16H27NO3S. The molecule has 0 aromatic rings. The van der Waals surface area contributed by atoms with Crippen molar-refractivity contribution in [2.75, 3.05) is 5.75 Å². The highest BCUT2D eigenvalue weighted by atomic mass is 32.2. The number of nitrogens with zero attached hydrogens (tertiary/aromatic N) is 1. The van der Waals surface area contributed by atoms with Crippen LogP contribution in [0, 0.1) is 5.92 Å². The summed E-state index contributed by atoms with van der Waals surface area (Å²) in [5.41, 5.74) is 0. The zero-order valence-electron chi connectivity index (χ0n) is 13.3. The van der Waals surface area contributed by atoms with Gasteiger partial charge in [0.1, 0.15) is 6.04 Å². The van der Waals surface area contributed by atoms with Gasteiger partial charge in [0.15, 0.2) is 0 Å². The van der Waals surface area contributed by atoms with Crippen molar-refractivity contribution in [3.05, 3.63) is 0 Å². The van der Waals surface area contributed by atoms with Gasteiger partial charge in [-0.05, 0) is 31.6 Å². The number of carbonyl (C=O) groups excluding carboxylic acids is 1. The third-order valence-electron chi connectivity index (χ3n) is 4.57. The van der Waals surface area contributed by atoms with Crippen LogP contribution < -0.4 is 0 Å². The molecule has 1 amide bonds. The minimum Gasteiger partial charge on any atom is -0.480 e. The Morgan fingerprint density at radius 2 is 1.81 bits per heavy atom. The van der Waals surface area contributed by atoms with Gasteiger partial charge in [-0.3, -0.25) is 4.79 Å². The standard InChI is InChI=1S/C16H27NO3S/c1-16(2,3)21-10-14(18)17-12-7-5-4-6-11(12)8-9-13(17)15(19)20/h11-13H,4-10H2,1-3H3,(H,19,20). The number of hydrogen-bond donors (Lipinski definition) is 1. The number of aliphatic carboxylic acids is 1. The Balaban J connectivity index is 2.12. The largest absolute Gasteiger partial charge is 0.480 e. The van der Waals surface area contributed by atoms with E-state index in [1.54, 1.807) is 16.7 Å². The summed E-state index contributed by atoms with van der Waals surface area (Å²) in [4.78, 5) is 25.9. The van der Waals surface area contributed by atoms with E-state index in [1.807, 2.05) is 0 Å². The van der Waals surface area contributed by atoms with E-state index in [1.165, 1.54) is 6.42 Å². The number of carbonyl (C=O) groups is 2. The van der Waals surface area contributed by atoms with Crippen LogP contribution >= 0.6 is 11.8 Å². The number of amides is 1. The molecule has 0 bridgehead atoms. The van der Waals surface area contributed by atoms with Crippen molar-refractivity contribution in [2.45, 2.75) is 76.1 Å². The highest BCUT2D eigenvalue weighted by Gasteiger charge is 2.43. The van der Waals surface area contributed by atoms with Crippen LogP contribution in [0.2, 0.25) is 0 Å². The van der Waals surface area contributed by atoms with Crippen LogP contribution in [-0.4, -0.2) is 44.5 Å². The molecule has 120 valence electrons. The predicted molar refractivity (Wildman–Crippen MR) is 85.5 cm³/mol. The average Bonchev–Trinajstić information content (AvgIpc) is 2.42. The van der Waals surface area contributed by atoms with Crippen LogP contribution in [0.4, 0.5) is 0 Å². The average molecular weight is 313 g/mol. The summed E-state index contributed by atoms with van der Waals surface area (Å²) in [6.45, 7) is 6.25. The minimum atomic E-state index is -0.840. The van der Waals surface area contributed by atoms with Crippen LogP contribution in [-0.2, 0) is 9.59 Å². The predicted octanol–water partition coefficient (Wildman–Crippen LogP) is 3.15. The summed E-state index contributed by atoms with van der Waals surface area (Å²) in [5.74, 6) is 0.0706. The second-order valence-corrected chi connectivity index (χ2v) is 9.05. The molecule has 2 aliphatic rings. The summed E-state index contributed by atoms with van der Waals surface area (Å²) in [7, 11) is 0. The third-order valence-corrected chi connectivity index (χ3v) is 5.83. The first-order valence-corrected chi connectivity index (χ1v) is 8.96. The Kier molecular flexibility index (Phi) is 5.23. The van der Waals surface area contributed by atoms with Crippen LogP contribution in [0.1, 0.15) is 59.3 Å². The Hall–Kier alpha value is -0.710. The summed E-state index contributed by atoms with van der Waals surface area (Å²) in [6, 6.07) is -0.459. The molecule has 4 nitrogen and oxygen atoms in total. The fraction of sp³-hybridized carbons (Fsp3) is 0.875. The van der Waals surface area contributed by atoms with E-state index in [0.717, 1.165) is 25.7 Å². The van der Waals surface area contributed by atoms with E-state index < -0.39 is 12.0 Å². The van der Waals surface area contributed by atoms with Gasteiger partial charge in [-0.1, -0.05) is 33.6 Å². The van der Waals surface area contributed by atoms with E-state index in [-0.39, 0.29) is 16.7 Å². The fourth-order valence-corrected chi connectivity index (χ4v) is 4.29. The van der Waals surface area contributed by atoms with Gasteiger partial charge in [0.25, 0.3) is 0 Å². The maximum absolute atomic E-state index is 12.7. The number of hydrogen-bond acceptors (Lipinski definition) is 3. The van der Waals surface area contributed by atoms with E-state index in [0.29, 0.717) is 18.1 Å². The van der Waals surface area contributed by atoms with Gasteiger partial charge in [-0.2, -0.15) is 0 Å². The lowest BCUT2D eigenvalue weighted by molar-refractivity contribution is -0.156. The molecule has 3 atom stereocenters. The van der Waals surface area contributed by atoms with Gasteiger partial charge in [-0.15, -0.1) is 11.8 Å². The van der Waals surface area contributed by atoms with Gasteiger partial charge >= 0.3 is 5.97 Å². The normalized spacial score (nSPS) is 29.9. The Morgan fingerprint density at radius 1 is 1.14 bits per heavy atom. The third kappa shape index (κ3) is 4.15. The van der Waals surface area contributed by atoms with Crippen LogP contribution in [0.15, 0.2) is 0 Å². The smallest absolute Gasteiger partial charge is 0.326 e. The first kappa shape index (κ1) is 16.7. The maximum Gasteiger partial charge on any atom is 0.326 e. The number of rotatable bonds is 3. The summed E-state index contributed by atoms with van der Waals surface area (Å²) < 4.78 is 0.0239. The molecule has 5 heteroatoms. The Morgan fingerprint density at radius 3 is 2.43 bits per heavy atom. The van der Waals surface area contributed by atoms with Crippen molar-refractivity contribution in [1.29, 1.82) is 0 Å². The lowest BCUT2D eigenvalue weighted by Crippen LogP contribution is -2.58. The number of carboxylic acid groups (broad SMARTS) is 1. The molecule has 1 saturated carbocycles. The first-order valence-electron chi connectivity index (χ1n) is 7.97. The maximum atomic E-state index is 12.7. The lowest BCUT2D eigenvalue weighted by Gasteiger charge is -2.47. The van der Waals surface area contributed by atoms with E-state index in [2.05, 4.69) is 20.8 Å². The molecule has 2 fully saturated rings. The zero-order chi connectivity index (χ0) is 15.6.